The number of nitrogens with one attached hydrogen (secondary N) is 2. The van der Waals surface area contributed by atoms with Crippen LogP contribution in [0.2, 0.25) is 0 Å². The van der Waals surface area contributed by atoms with E-state index in [0.717, 1.165) is 25.7 Å². The number of fused-ring (bicyclic) bond motifs is 1. The Morgan fingerprint density at radius 2 is 2.00 bits per heavy atom. The zero-order valence-electron chi connectivity index (χ0n) is 11.2. The van der Waals surface area contributed by atoms with Crippen LogP contribution in [0.5, 0.6) is 0 Å². The molecule has 98 valence electrons. The SMILES string of the molecule is c1cc2c(cc1CNC1CCCCC1)CNCC2. The van der Waals surface area contributed by atoms with Crippen molar-refractivity contribution in [1.82, 2.24) is 10.6 Å². The third-order valence-corrected chi connectivity index (χ3v) is 4.36. The number of benzene rings is 1. The molecule has 0 amide bonds. The van der Waals surface area contributed by atoms with Gasteiger partial charge in [-0.05, 0) is 42.5 Å². The summed E-state index contributed by atoms with van der Waals surface area (Å²) in [5.74, 6) is 0. The zero-order valence-corrected chi connectivity index (χ0v) is 11.2. The van der Waals surface area contributed by atoms with Crippen LogP contribution in [0.4, 0.5) is 0 Å². The predicted molar refractivity (Wildman–Crippen MR) is 75.6 cm³/mol. The summed E-state index contributed by atoms with van der Waals surface area (Å²) in [5, 5.41) is 7.18. The first kappa shape index (κ1) is 12.2. The van der Waals surface area contributed by atoms with E-state index in [0.29, 0.717) is 0 Å². The van der Waals surface area contributed by atoms with E-state index < -0.39 is 0 Å². The fraction of sp³-hybridized carbons (Fsp3) is 0.625. The molecule has 0 atom stereocenters. The van der Waals surface area contributed by atoms with Gasteiger partial charge in [0, 0.05) is 19.1 Å². The fourth-order valence-corrected chi connectivity index (χ4v) is 3.21. The first-order valence-corrected chi connectivity index (χ1v) is 7.46. The first-order chi connectivity index (χ1) is 8.92. The highest BCUT2D eigenvalue weighted by molar-refractivity contribution is 5.33. The summed E-state index contributed by atoms with van der Waals surface area (Å²) < 4.78 is 0. The topological polar surface area (TPSA) is 24.1 Å². The lowest BCUT2D eigenvalue weighted by Crippen LogP contribution is -2.30. The minimum Gasteiger partial charge on any atom is -0.312 e. The number of hydrogen-bond acceptors (Lipinski definition) is 2. The summed E-state index contributed by atoms with van der Waals surface area (Å²) in [4.78, 5) is 0. The van der Waals surface area contributed by atoms with Gasteiger partial charge in [-0.3, -0.25) is 0 Å². The van der Waals surface area contributed by atoms with Crippen molar-refractivity contribution in [3.05, 3.63) is 34.9 Å². The van der Waals surface area contributed by atoms with Gasteiger partial charge in [0.25, 0.3) is 0 Å². The van der Waals surface area contributed by atoms with Gasteiger partial charge in [-0.25, -0.2) is 0 Å². The molecule has 1 aromatic carbocycles. The Bertz CT molecular complexity index is 394. The van der Waals surface area contributed by atoms with E-state index in [2.05, 4.69) is 28.8 Å². The lowest BCUT2D eigenvalue weighted by molar-refractivity contribution is 0.372. The van der Waals surface area contributed by atoms with E-state index in [-0.39, 0.29) is 0 Å². The molecular weight excluding hydrogens is 220 g/mol. The molecular formula is C16H24N2. The molecule has 0 radical (unpaired) electrons. The summed E-state index contributed by atoms with van der Waals surface area (Å²) in [7, 11) is 0. The van der Waals surface area contributed by atoms with E-state index in [1.54, 1.807) is 0 Å². The monoisotopic (exact) mass is 244 g/mol. The average molecular weight is 244 g/mol. The Hall–Kier alpha value is -0.860. The van der Waals surface area contributed by atoms with E-state index in [1.165, 1.54) is 55.2 Å². The molecule has 0 bridgehead atoms. The van der Waals surface area contributed by atoms with Crippen LogP contribution in [0.1, 0.15) is 48.8 Å². The van der Waals surface area contributed by atoms with E-state index >= 15 is 0 Å². The van der Waals surface area contributed by atoms with Crippen LogP contribution in [0.25, 0.3) is 0 Å². The number of hydrogen-bond donors (Lipinski definition) is 2. The first-order valence-electron chi connectivity index (χ1n) is 7.46. The minimum absolute atomic E-state index is 0.757. The molecule has 18 heavy (non-hydrogen) atoms. The van der Waals surface area contributed by atoms with Gasteiger partial charge in [-0.15, -0.1) is 0 Å². The average Bonchev–Trinajstić information content (AvgIpc) is 2.46. The summed E-state index contributed by atoms with van der Waals surface area (Å²) >= 11 is 0. The molecule has 2 heteroatoms. The Morgan fingerprint density at radius 1 is 1.11 bits per heavy atom. The molecule has 1 aromatic rings. The van der Waals surface area contributed by atoms with Crippen LogP contribution in [0, 0.1) is 0 Å². The molecule has 1 fully saturated rings. The molecule has 1 saturated carbocycles. The maximum absolute atomic E-state index is 3.72. The Balaban J connectivity index is 1.58. The van der Waals surface area contributed by atoms with Gasteiger partial charge < -0.3 is 10.6 Å². The summed E-state index contributed by atoms with van der Waals surface area (Å²) in [6.45, 7) is 3.22. The van der Waals surface area contributed by atoms with Gasteiger partial charge in [0.1, 0.15) is 0 Å². The minimum atomic E-state index is 0.757. The Morgan fingerprint density at radius 3 is 2.89 bits per heavy atom. The third-order valence-electron chi connectivity index (χ3n) is 4.36. The van der Waals surface area contributed by atoms with E-state index in [4.69, 9.17) is 0 Å². The predicted octanol–water partition coefficient (Wildman–Crippen LogP) is 2.75. The molecule has 1 aliphatic heterocycles. The highest BCUT2D eigenvalue weighted by Gasteiger charge is 2.13. The lowest BCUT2D eigenvalue weighted by atomic mass is 9.95. The second-order valence-electron chi connectivity index (χ2n) is 5.75. The normalized spacial score (nSPS) is 20.7. The van der Waals surface area contributed by atoms with Crippen molar-refractivity contribution in [3.8, 4) is 0 Å². The molecule has 2 aliphatic rings. The van der Waals surface area contributed by atoms with Crippen LogP contribution in [-0.4, -0.2) is 12.6 Å². The van der Waals surface area contributed by atoms with Crippen LogP contribution >= 0.6 is 0 Å². The highest BCUT2D eigenvalue weighted by Crippen LogP contribution is 2.19. The number of rotatable bonds is 3. The fourth-order valence-electron chi connectivity index (χ4n) is 3.21. The summed E-state index contributed by atoms with van der Waals surface area (Å²) in [6, 6.07) is 7.78. The second-order valence-corrected chi connectivity index (χ2v) is 5.75. The Kier molecular flexibility index (Phi) is 3.96. The van der Waals surface area contributed by atoms with Crippen molar-refractivity contribution in [2.24, 2.45) is 0 Å². The molecule has 1 heterocycles. The van der Waals surface area contributed by atoms with E-state index in [1.807, 2.05) is 0 Å². The molecule has 3 rings (SSSR count). The van der Waals surface area contributed by atoms with Gasteiger partial charge in [-0.2, -0.15) is 0 Å². The van der Waals surface area contributed by atoms with Crippen molar-refractivity contribution >= 4 is 0 Å². The van der Waals surface area contributed by atoms with Crippen molar-refractivity contribution in [3.63, 3.8) is 0 Å². The van der Waals surface area contributed by atoms with Gasteiger partial charge >= 0.3 is 0 Å². The molecule has 0 unspecified atom stereocenters. The van der Waals surface area contributed by atoms with Gasteiger partial charge in [0.2, 0.25) is 0 Å². The highest BCUT2D eigenvalue weighted by atomic mass is 14.9. The summed E-state index contributed by atoms with van der Waals surface area (Å²) in [5.41, 5.74) is 4.49. The molecule has 2 nitrogen and oxygen atoms in total. The maximum Gasteiger partial charge on any atom is 0.0208 e. The van der Waals surface area contributed by atoms with Crippen LogP contribution in [0.15, 0.2) is 18.2 Å². The second kappa shape index (κ2) is 5.85. The van der Waals surface area contributed by atoms with Gasteiger partial charge in [0.05, 0.1) is 0 Å². The van der Waals surface area contributed by atoms with Crippen molar-refractivity contribution < 1.29 is 0 Å². The van der Waals surface area contributed by atoms with E-state index in [9.17, 15) is 0 Å². The quantitative estimate of drug-likeness (QED) is 0.854. The molecule has 1 aliphatic carbocycles. The third kappa shape index (κ3) is 2.93. The molecule has 2 N–H and O–H groups in total. The molecule has 0 saturated heterocycles. The summed E-state index contributed by atoms with van der Waals surface area (Å²) in [6.07, 6.45) is 8.17. The van der Waals surface area contributed by atoms with Gasteiger partial charge in [-0.1, -0.05) is 37.5 Å². The Labute approximate surface area is 110 Å². The molecule has 0 aromatic heterocycles. The maximum atomic E-state index is 3.72. The van der Waals surface area contributed by atoms with Crippen LogP contribution in [0.3, 0.4) is 0 Å². The van der Waals surface area contributed by atoms with Crippen LogP contribution < -0.4 is 10.6 Å². The van der Waals surface area contributed by atoms with Crippen molar-refractivity contribution in [2.75, 3.05) is 6.54 Å². The largest absolute Gasteiger partial charge is 0.312 e. The smallest absolute Gasteiger partial charge is 0.0208 e. The van der Waals surface area contributed by atoms with Crippen LogP contribution in [-0.2, 0) is 19.5 Å². The van der Waals surface area contributed by atoms with Crippen molar-refractivity contribution in [2.45, 2.75) is 57.7 Å². The standard InChI is InChI=1S/C16H24N2/c1-2-4-16(5-3-1)18-11-13-6-7-14-8-9-17-12-15(14)10-13/h6-7,10,16-18H,1-5,8-9,11-12H2. The van der Waals surface area contributed by atoms with Gasteiger partial charge in [0.15, 0.2) is 0 Å². The molecule has 0 spiro atoms. The lowest BCUT2D eigenvalue weighted by Gasteiger charge is -2.23. The van der Waals surface area contributed by atoms with Crippen molar-refractivity contribution in [1.29, 1.82) is 0 Å². The zero-order chi connectivity index (χ0) is 12.2.